The van der Waals surface area contributed by atoms with Gasteiger partial charge in [0, 0.05) is 7.05 Å². The molecule has 0 spiro atoms. The van der Waals surface area contributed by atoms with Gasteiger partial charge in [0.25, 0.3) is 5.91 Å². The SMILES string of the molecule is CCCC(C)(NC(=O)CN(C)C(=O)c1ccc(Br)o1)C(=O)O. The Hall–Kier alpha value is -1.83. The van der Waals surface area contributed by atoms with Crippen molar-refractivity contribution >= 4 is 33.7 Å². The van der Waals surface area contributed by atoms with Crippen molar-refractivity contribution in [2.45, 2.75) is 32.2 Å². The fraction of sp³-hybridized carbons (Fsp3) is 0.500. The lowest BCUT2D eigenvalue weighted by atomic mass is 9.96. The molecule has 0 aliphatic rings. The molecule has 0 saturated carbocycles. The molecule has 0 aromatic carbocycles. The largest absolute Gasteiger partial charge is 0.480 e. The highest BCUT2D eigenvalue weighted by molar-refractivity contribution is 9.10. The highest BCUT2D eigenvalue weighted by atomic mass is 79.9. The van der Waals surface area contributed by atoms with Gasteiger partial charge in [0.05, 0.1) is 6.54 Å². The third kappa shape index (κ3) is 4.59. The van der Waals surface area contributed by atoms with Gasteiger partial charge >= 0.3 is 5.97 Å². The average Bonchev–Trinajstić information content (AvgIpc) is 2.84. The highest BCUT2D eigenvalue weighted by Gasteiger charge is 2.34. The minimum Gasteiger partial charge on any atom is -0.480 e. The number of nitrogens with one attached hydrogen (secondary N) is 1. The molecule has 1 rings (SSSR count). The van der Waals surface area contributed by atoms with Gasteiger partial charge in [-0.25, -0.2) is 4.79 Å². The van der Waals surface area contributed by atoms with E-state index in [2.05, 4.69) is 21.2 Å². The Morgan fingerprint density at radius 1 is 1.41 bits per heavy atom. The molecule has 1 atom stereocenters. The first-order valence-electron chi connectivity index (χ1n) is 6.75. The first kappa shape index (κ1) is 18.2. The molecule has 0 fully saturated rings. The maximum atomic E-state index is 12.0. The molecule has 0 radical (unpaired) electrons. The molecular weight excluding hydrogens is 356 g/mol. The van der Waals surface area contributed by atoms with Crippen molar-refractivity contribution in [1.29, 1.82) is 0 Å². The van der Waals surface area contributed by atoms with Crippen LogP contribution in [0.2, 0.25) is 0 Å². The van der Waals surface area contributed by atoms with Crippen molar-refractivity contribution in [3.8, 4) is 0 Å². The van der Waals surface area contributed by atoms with Crippen molar-refractivity contribution in [3.63, 3.8) is 0 Å². The summed E-state index contributed by atoms with van der Waals surface area (Å²) in [5.41, 5.74) is -1.34. The molecular formula is C14H19BrN2O5. The van der Waals surface area contributed by atoms with Gasteiger partial charge in [0.1, 0.15) is 5.54 Å². The molecule has 0 aliphatic heterocycles. The predicted octanol–water partition coefficient (Wildman–Crippen LogP) is 1.87. The smallest absolute Gasteiger partial charge is 0.329 e. The van der Waals surface area contributed by atoms with E-state index in [1.54, 1.807) is 6.07 Å². The van der Waals surface area contributed by atoms with Crippen LogP contribution in [-0.4, -0.2) is 46.9 Å². The van der Waals surface area contributed by atoms with Crippen LogP contribution in [0.3, 0.4) is 0 Å². The molecule has 1 aromatic rings. The second-order valence-corrected chi connectivity index (χ2v) is 5.98. The number of hydrogen-bond donors (Lipinski definition) is 2. The molecule has 2 amide bonds. The van der Waals surface area contributed by atoms with Crippen LogP contribution in [-0.2, 0) is 9.59 Å². The zero-order valence-electron chi connectivity index (χ0n) is 12.7. The Morgan fingerprint density at radius 2 is 2.05 bits per heavy atom. The highest BCUT2D eigenvalue weighted by Crippen LogP contribution is 2.16. The molecule has 2 N–H and O–H groups in total. The van der Waals surface area contributed by atoms with Gasteiger partial charge in [-0.05, 0) is 41.4 Å². The molecule has 8 heteroatoms. The summed E-state index contributed by atoms with van der Waals surface area (Å²) >= 11 is 3.09. The number of carbonyl (C=O) groups excluding carboxylic acids is 2. The van der Waals surface area contributed by atoms with Gasteiger partial charge in [-0.3, -0.25) is 9.59 Å². The number of nitrogens with zero attached hydrogens (tertiary/aromatic N) is 1. The van der Waals surface area contributed by atoms with Gasteiger partial charge in [0.15, 0.2) is 10.4 Å². The van der Waals surface area contributed by atoms with E-state index in [0.29, 0.717) is 17.5 Å². The van der Waals surface area contributed by atoms with E-state index in [-0.39, 0.29) is 12.3 Å². The number of hydrogen-bond acceptors (Lipinski definition) is 4. The second kappa shape index (κ2) is 7.44. The second-order valence-electron chi connectivity index (χ2n) is 5.20. The summed E-state index contributed by atoms with van der Waals surface area (Å²) in [7, 11) is 1.44. The maximum Gasteiger partial charge on any atom is 0.329 e. The lowest BCUT2D eigenvalue weighted by Crippen LogP contribution is -2.54. The van der Waals surface area contributed by atoms with Crippen LogP contribution in [0.1, 0.15) is 37.2 Å². The van der Waals surface area contributed by atoms with E-state index in [1.807, 2.05) is 6.92 Å². The Kier molecular flexibility index (Phi) is 6.16. The summed E-state index contributed by atoms with van der Waals surface area (Å²) in [6.07, 6.45) is 0.912. The van der Waals surface area contributed by atoms with Crippen LogP contribution < -0.4 is 5.32 Å². The van der Waals surface area contributed by atoms with Crippen LogP contribution in [0.4, 0.5) is 0 Å². The maximum absolute atomic E-state index is 12.0. The Labute approximate surface area is 136 Å². The standard InChI is InChI=1S/C14H19BrN2O5/c1-4-7-14(2,13(20)21)16-11(18)8-17(3)12(19)9-5-6-10(15)22-9/h5-6H,4,7-8H2,1-3H3,(H,16,18)(H,20,21). The van der Waals surface area contributed by atoms with Gasteiger partial charge in [-0.15, -0.1) is 0 Å². The van der Waals surface area contributed by atoms with Crippen molar-refractivity contribution in [1.82, 2.24) is 10.2 Å². The molecule has 0 bridgehead atoms. The van der Waals surface area contributed by atoms with Gasteiger partial charge in [-0.2, -0.15) is 0 Å². The van der Waals surface area contributed by atoms with Crippen LogP contribution in [0, 0.1) is 0 Å². The molecule has 1 heterocycles. The van der Waals surface area contributed by atoms with Crippen LogP contribution >= 0.6 is 15.9 Å². The Morgan fingerprint density at radius 3 is 2.50 bits per heavy atom. The Balaban J connectivity index is 2.67. The number of rotatable bonds is 7. The number of amides is 2. The normalized spacial score (nSPS) is 13.3. The molecule has 0 saturated heterocycles. The van der Waals surface area contributed by atoms with Crippen molar-refractivity contribution in [2.24, 2.45) is 0 Å². The molecule has 1 aromatic heterocycles. The molecule has 122 valence electrons. The van der Waals surface area contributed by atoms with Gasteiger partial charge in [-0.1, -0.05) is 13.3 Å². The number of aliphatic carboxylic acids is 1. The van der Waals surface area contributed by atoms with Crippen LogP contribution in [0.5, 0.6) is 0 Å². The molecule has 1 unspecified atom stereocenters. The quantitative estimate of drug-likeness (QED) is 0.758. The monoisotopic (exact) mass is 374 g/mol. The lowest BCUT2D eigenvalue weighted by Gasteiger charge is -2.27. The number of halogens is 1. The predicted molar refractivity (Wildman–Crippen MR) is 82.5 cm³/mol. The zero-order valence-corrected chi connectivity index (χ0v) is 14.3. The van der Waals surface area contributed by atoms with Gasteiger partial charge < -0.3 is 19.7 Å². The van der Waals surface area contributed by atoms with Crippen molar-refractivity contribution in [2.75, 3.05) is 13.6 Å². The summed E-state index contributed by atoms with van der Waals surface area (Å²) in [5, 5.41) is 11.7. The van der Waals surface area contributed by atoms with Crippen molar-refractivity contribution < 1.29 is 23.9 Å². The minimum absolute atomic E-state index is 0.0942. The van der Waals surface area contributed by atoms with E-state index >= 15 is 0 Å². The summed E-state index contributed by atoms with van der Waals surface area (Å²) in [4.78, 5) is 36.5. The third-order valence-electron chi connectivity index (χ3n) is 3.15. The molecule has 7 nitrogen and oxygen atoms in total. The van der Waals surface area contributed by atoms with E-state index in [9.17, 15) is 19.5 Å². The van der Waals surface area contributed by atoms with E-state index < -0.39 is 23.3 Å². The first-order valence-corrected chi connectivity index (χ1v) is 7.54. The van der Waals surface area contributed by atoms with E-state index in [0.717, 1.165) is 4.90 Å². The number of likely N-dealkylation sites (N-methyl/N-ethyl adjacent to an activating group) is 1. The minimum atomic E-state index is -1.34. The fourth-order valence-corrected chi connectivity index (χ4v) is 2.28. The van der Waals surface area contributed by atoms with Crippen LogP contribution in [0.15, 0.2) is 21.2 Å². The summed E-state index contributed by atoms with van der Waals surface area (Å²) in [5.74, 6) is -2.02. The summed E-state index contributed by atoms with van der Waals surface area (Å²) < 4.78 is 5.54. The number of furan rings is 1. The summed E-state index contributed by atoms with van der Waals surface area (Å²) in [6.45, 7) is 3.02. The zero-order chi connectivity index (χ0) is 16.9. The molecule has 0 aliphatic carbocycles. The van der Waals surface area contributed by atoms with Crippen molar-refractivity contribution in [3.05, 3.63) is 22.6 Å². The third-order valence-corrected chi connectivity index (χ3v) is 3.57. The first-order chi connectivity index (χ1) is 10.2. The fourth-order valence-electron chi connectivity index (χ4n) is 1.97. The topological polar surface area (TPSA) is 99.9 Å². The molecule has 22 heavy (non-hydrogen) atoms. The van der Waals surface area contributed by atoms with E-state index in [1.165, 1.54) is 20.0 Å². The average molecular weight is 375 g/mol. The van der Waals surface area contributed by atoms with E-state index in [4.69, 9.17) is 4.42 Å². The number of carboxylic acids is 1. The van der Waals surface area contributed by atoms with Gasteiger partial charge in [0.2, 0.25) is 5.91 Å². The van der Waals surface area contributed by atoms with Crippen LogP contribution in [0.25, 0.3) is 0 Å². The summed E-state index contributed by atoms with van der Waals surface area (Å²) in [6, 6.07) is 3.06. The Bertz CT molecular complexity index is 571. The lowest BCUT2D eigenvalue weighted by molar-refractivity contribution is -0.147. The number of carboxylic acid groups (broad SMARTS) is 1. The number of carbonyl (C=O) groups is 3.